The fourth-order valence-electron chi connectivity index (χ4n) is 1.57. The largest absolute Gasteiger partial charge is 0.462 e. The first kappa shape index (κ1) is 14.7. The molecule has 0 amide bonds. The highest BCUT2D eigenvalue weighted by Gasteiger charge is 2.08. The van der Waals surface area contributed by atoms with E-state index in [0.29, 0.717) is 18.1 Å². The van der Waals surface area contributed by atoms with Gasteiger partial charge in [0, 0.05) is 11.9 Å². The van der Waals surface area contributed by atoms with Gasteiger partial charge < -0.3 is 4.74 Å². The predicted octanol–water partition coefficient (Wildman–Crippen LogP) is 3.63. The summed E-state index contributed by atoms with van der Waals surface area (Å²) in [4.78, 5) is 16.0. The summed E-state index contributed by atoms with van der Waals surface area (Å²) in [5.74, 6) is 0.406. The molecule has 0 N–H and O–H groups in total. The van der Waals surface area contributed by atoms with Crippen molar-refractivity contribution < 1.29 is 9.53 Å². The van der Waals surface area contributed by atoms with Crippen LogP contribution in [0.1, 0.15) is 56.1 Å². The van der Waals surface area contributed by atoms with Gasteiger partial charge in [0.1, 0.15) is 0 Å². The van der Waals surface area contributed by atoms with E-state index in [-0.39, 0.29) is 5.97 Å². The van der Waals surface area contributed by atoms with Crippen molar-refractivity contribution in [2.24, 2.45) is 5.92 Å². The zero-order chi connectivity index (χ0) is 13.4. The molecule has 18 heavy (non-hydrogen) atoms. The topological polar surface area (TPSA) is 39.2 Å². The fraction of sp³-hybridized carbons (Fsp3) is 0.600. The molecule has 0 aliphatic rings. The molecule has 0 radical (unpaired) electrons. The van der Waals surface area contributed by atoms with Gasteiger partial charge in [-0.3, -0.25) is 4.98 Å². The number of aryl methyl sites for hydroxylation is 1. The first-order valence-electron chi connectivity index (χ1n) is 6.75. The predicted molar refractivity (Wildman–Crippen MR) is 72.6 cm³/mol. The van der Waals surface area contributed by atoms with Crippen molar-refractivity contribution in [3.8, 4) is 0 Å². The van der Waals surface area contributed by atoms with Gasteiger partial charge in [0.25, 0.3) is 0 Å². The molecule has 0 unspecified atom stereocenters. The smallest absolute Gasteiger partial charge is 0.338 e. The number of ether oxygens (including phenoxy) is 1. The molecule has 0 bridgehead atoms. The summed E-state index contributed by atoms with van der Waals surface area (Å²) in [5, 5.41) is 0. The summed E-state index contributed by atoms with van der Waals surface area (Å²) < 4.78 is 5.18. The van der Waals surface area contributed by atoms with E-state index >= 15 is 0 Å². The Hall–Kier alpha value is -1.38. The van der Waals surface area contributed by atoms with Crippen LogP contribution in [0.4, 0.5) is 0 Å². The van der Waals surface area contributed by atoms with Crippen LogP contribution in [0.5, 0.6) is 0 Å². The summed E-state index contributed by atoms with van der Waals surface area (Å²) in [7, 11) is 0. The Balaban J connectivity index is 2.55. The highest BCUT2D eigenvalue weighted by Crippen LogP contribution is 2.10. The maximum absolute atomic E-state index is 11.8. The molecule has 1 aromatic rings. The number of esters is 1. The molecule has 0 aliphatic carbocycles. The Labute approximate surface area is 110 Å². The second-order valence-corrected chi connectivity index (χ2v) is 4.96. The molecule has 0 saturated heterocycles. The molecule has 3 nitrogen and oxygen atoms in total. The second-order valence-electron chi connectivity index (χ2n) is 4.96. The lowest BCUT2D eigenvalue weighted by Gasteiger charge is -2.07. The molecule has 1 aromatic heterocycles. The molecular formula is C15H23NO2. The number of hydrogen-bond acceptors (Lipinski definition) is 3. The van der Waals surface area contributed by atoms with Gasteiger partial charge in [0.05, 0.1) is 12.2 Å². The number of aromatic nitrogens is 1. The number of rotatable bonds is 7. The van der Waals surface area contributed by atoms with Crippen molar-refractivity contribution in [3.63, 3.8) is 0 Å². The van der Waals surface area contributed by atoms with Crippen molar-refractivity contribution in [3.05, 3.63) is 29.6 Å². The minimum absolute atomic E-state index is 0.239. The lowest BCUT2D eigenvalue weighted by molar-refractivity contribution is 0.0499. The summed E-state index contributed by atoms with van der Waals surface area (Å²) in [6.07, 6.45) is 5.63. The average molecular weight is 249 g/mol. The summed E-state index contributed by atoms with van der Waals surface area (Å²) in [6, 6.07) is 3.56. The molecule has 0 spiro atoms. The molecule has 3 heteroatoms. The third kappa shape index (κ3) is 5.30. The number of unbranched alkanes of at least 4 members (excludes halogenated alkanes) is 1. The highest BCUT2D eigenvalue weighted by atomic mass is 16.5. The number of nitrogens with zero attached hydrogens (tertiary/aromatic N) is 1. The number of carbonyl (C=O) groups is 1. The Kier molecular flexibility index (Phi) is 6.40. The van der Waals surface area contributed by atoms with Crippen LogP contribution in [0.2, 0.25) is 0 Å². The fourth-order valence-corrected chi connectivity index (χ4v) is 1.57. The summed E-state index contributed by atoms with van der Waals surface area (Å²) >= 11 is 0. The van der Waals surface area contributed by atoms with E-state index in [1.807, 2.05) is 6.07 Å². The molecule has 0 atom stereocenters. The minimum atomic E-state index is -0.239. The van der Waals surface area contributed by atoms with Crippen molar-refractivity contribution >= 4 is 5.97 Å². The third-order valence-electron chi connectivity index (χ3n) is 2.76. The van der Waals surface area contributed by atoms with E-state index in [2.05, 4.69) is 25.8 Å². The van der Waals surface area contributed by atoms with Crippen LogP contribution >= 0.6 is 0 Å². The Morgan fingerprint density at radius 3 is 2.89 bits per heavy atom. The monoisotopic (exact) mass is 249 g/mol. The Bertz CT molecular complexity index is 375. The normalized spacial score (nSPS) is 10.7. The quantitative estimate of drug-likeness (QED) is 0.547. The minimum Gasteiger partial charge on any atom is -0.462 e. The zero-order valence-corrected chi connectivity index (χ0v) is 11.6. The SMILES string of the molecule is CCCCOC(=O)c1ccnc(CCC(C)C)c1. The van der Waals surface area contributed by atoms with Crippen LogP contribution in [-0.2, 0) is 11.2 Å². The molecule has 0 aromatic carbocycles. The van der Waals surface area contributed by atoms with Gasteiger partial charge >= 0.3 is 5.97 Å². The maximum Gasteiger partial charge on any atom is 0.338 e. The van der Waals surface area contributed by atoms with E-state index < -0.39 is 0 Å². The first-order valence-corrected chi connectivity index (χ1v) is 6.75. The molecule has 100 valence electrons. The molecule has 0 aliphatic heterocycles. The lowest BCUT2D eigenvalue weighted by atomic mass is 10.1. The summed E-state index contributed by atoms with van der Waals surface area (Å²) in [6.45, 7) is 6.94. The van der Waals surface area contributed by atoms with Crippen molar-refractivity contribution in [1.82, 2.24) is 4.98 Å². The van der Waals surface area contributed by atoms with Gasteiger partial charge in [-0.25, -0.2) is 4.79 Å². The van der Waals surface area contributed by atoms with E-state index in [4.69, 9.17) is 4.74 Å². The lowest BCUT2D eigenvalue weighted by Crippen LogP contribution is -2.07. The van der Waals surface area contributed by atoms with Crippen LogP contribution in [0.3, 0.4) is 0 Å². The Morgan fingerprint density at radius 2 is 2.22 bits per heavy atom. The highest BCUT2D eigenvalue weighted by molar-refractivity contribution is 5.89. The van der Waals surface area contributed by atoms with Crippen LogP contribution in [-0.4, -0.2) is 17.6 Å². The first-order chi connectivity index (χ1) is 8.63. The molecule has 0 saturated carbocycles. The van der Waals surface area contributed by atoms with Gasteiger partial charge in [-0.1, -0.05) is 27.2 Å². The van der Waals surface area contributed by atoms with Crippen molar-refractivity contribution in [2.45, 2.75) is 46.5 Å². The van der Waals surface area contributed by atoms with Crippen LogP contribution in [0, 0.1) is 5.92 Å². The van der Waals surface area contributed by atoms with Gasteiger partial charge in [-0.15, -0.1) is 0 Å². The van der Waals surface area contributed by atoms with Crippen LogP contribution in [0.15, 0.2) is 18.3 Å². The molecule has 0 fully saturated rings. The Morgan fingerprint density at radius 1 is 1.44 bits per heavy atom. The standard InChI is InChI=1S/C15H23NO2/c1-4-5-10-18-15(17)13-8-9-16-14(11-13)7-6-12(2)3/h8-9,11-12H,4-7,10H2,1-3H3. The van der Waals surface area contributed by atoms with E-state index in [0.717, 1.165) is 31.4 Å². The molecular weight excluding hydrogens is 226 g/mol. The van der Waals surface area contributed by atoms with Crippen LogP contribution < -0.4 is 0 Å². The van der Waals surface area contributed by atoms with E-state index in [1.54, 1.807) is 12.3 Å². The number of pyridine rings is 1. The van der Waals surface area contributed by atoms with Gasteiger partial charge in [-0.05, 0) is 37.3 Å². The van der Waals surface area contributed by atoms with Crippen LogP contribution in [0.25, 0.3) is 0 Å². The van der Waals surface area contributed by atoms with Crippen molar-refractivity contribution in [2.75, 3.05) is 6.61 Å². The van der Waals surface area contributed by atoms with Gasteiger partial charge in [0.2, 0.25) is 0 Å². The van der Waals surface area contributed by atoms with E-state index in [9.17, 15) is 4.79 Å². The van der Waals surface area contributed by atoms with Gasteiger partial charge in [0.15, 0.2) is 0 Å². The van der Waals surface area contributed by atoms with Gasteiger partial charge in [-0.2, -0.15) is 0 Å². The van der Waals surface area contributed by atoms with E-state index in [1.165, 1.54) is 0 Å². The maximum atomic E-state index is 11.8. The second kappa shape index (κ2) is 7.85. The summed E-state index contributed by atoms with van der Waals surface area (Å²) in [5.41, 5.74) is 1.58. The molecule has 1 rings (SSSR count). The third-order valence-corrected chi connectivity index (χ3v) is 2.76. The van der Waals surface area contributed by atoms with Crippen molar-refractivity contribution in [1.29, 1.82) is 0 Å². The number of carbonyl (C=O) groups excluding carboxylic acids is 1. The zero-order valence-electron chi connectivity index (χ0n) is 11.6. The average Bonchev–Trinajstić information content (AvgIpc) is 2.37. The molecule has 1 heterocycles. The number of hydrogen-bond donors (Lipinski definition) is 0.